The van der Waals surface area contributed by atoms with Crippen LogP contribution in [0.5, 0.6) is 0 Å². The van der Waals surface area contributed by atoms with Crippen molar-refractivity contribution in [3.05, 3.63) is 35.4 Å². The summed E-state index contributed by atoms with van der Waals surface area (Å²) in [5.74, 6) is 0. The van der Waals surface area contributed by atoms with Crippen LogP contribution < -0.4 is 11.5 Å². The third kappa shape index (κ3) is 6.11. The van der Waals surface area contributed by atoms with E-state index in [9.17, 15) is 25.9 Å². The average Bonchev–Trinajstić information content (AvgIpc) is 2.47. The Morgan fingerprint density at radius 1 is 0.750 bits per heavy atom. The van der Waals surface area contributed by atoms with Crippen molar-refractivity contribution in [1.29, 1.82) is 0 Å². The lowest BCUT2D eigenvalue weighted by Crippen LogP contribution is -2.16. The van der Waals surface area contributed by atoms with Crippen molar-refractivity contribution in [3.63, 3.8) is 0 Å². The van der Waals surface area contributed by atoms with Crippen LogP contribution in [0.25, 0.3) is 0 Å². The highest BCUT2D eigenvalue weighted by Gasteiger charge is 2.27. The normalized spacial score (nSPS) is 15.2. The molecule has 0 saturated carbocycles. The molecule has 0 aliphatic carbocycles. The van der Waals surface area contributed by atoms with Gasteiger partial charge in [0.1, 0.15) is 10.5 Å². The second-order valence-electron chi connectivity index (χ2n) is 5.54. The fraction of sp³-hybridized carbons (Fsp3) is 0.571. The molecular weight excluding hydrogens is 356 g/mol. The topological polar surface area (TPSA) is 161 Å². The Hall–Kier alpha value is -1.04. The zero-order valence-corrected chi connectivity index (χ0v) is 14.8. The van der Waals surface area contributed by atoms with Crippen LogP contribution in [0.3, 0.4) is 0 Å². The van der Waals surface area contributed by atoms with Gasteiger partial charge in [0.05, 0.1) is 0 Å². The molecule has 0 aliphatic heterocycles. The van der Waals surface area contributed by atoms with E-state index >= 15 is 0 Å². The van der Waals surface area contributed by atoms with E-state index in [1.165, 1.54) is 24.3 Å². The van der Waals surface area contributed by atoms with Crippen LogP contribution in [0.2, 0.25) is 0 Å². The third-order valence-corrected chi connectivity index (χ3v) is 6.19. The zero-order valence-electron chi connectivity index (χ0n) is 13.2. The highest BCUT2D eigenvalue weighted by atomic mass is 32.2. The molecule has 0 fully saturated rings. The summed E-state index contributed by atoms with van der Waals surface area (Å²) in [4.78, 5) is 0. The van der Waals surface area contributed by atoms with Gasteiger partial charge in [0.25, 0.3) is 20.2 Å². The molecule has 1 rings (SSSR count). The smallest absolute Gasteiger partial charge is 0.271 e. The maximum atomic E-state index is 11.5. The Labute approximate surface area is 142 Å². The molecule has 2 unspecified atom stereocenters. The predicted octanol–water partition coefficient (Wildman–Crippen LogP) is 1.02. The molecule has 0 aliphatic rings. The summed E-state index contributed by atoms with van der Waals surface area (Å²) in [5.41, 5.74) is 11.4. The van der Waals surface area contributed by atoms with Crippen LogP contribution >= 0.6 is 0 Å². The lowest BCUT2D eigenvalue weighted by Gasteiger charge is -2.17. The van der Waals surface area contributed by atoms with Gasteiger partial charge in [0.2, 0.25) is 0 Å². The van der Waals surface area contributed by atoms with Gasteiger partial charge in [0.15, 0.2) is 0 Å². The highest BCUT2D eigenvalue weighted by Crippen LogP contribution is 2.31. The van der Waals surface area contributed by atoms with Crippen LogP contribution in [0, 0.1) is 0 Å². The summed E-state index contributed by atoms with van der Waals surface area (Å²) in [7, 11) is -8.61. The van der Waals surface area contributed by atoms with Crippen molar-refractivity contribution in [2.24, 2.45) is 11.5 Å². The van der Waals surface area contributed by atoms with Crippen LogP contribution in [0.4, 0.5) is 0 Å². The summed E-state index contributed by atoms with van der Waals surface area (Å²) in [5, 5.41) is -2.24. The van der Waals surface area contributed by atoms with Crippen LogP contribution in [-0.2, 0) is 20.2 Å². The quantitative estimate of drug-likeness (QED) is 0.437. The van der Waals surface area contributed by atoms with Crippen molar-refractivity contribution in [1.82, 2.24) is 0 Å². The van der Waals surface area contributed by atoms with Crippen LogP contribution in [0.15, 0.2) is 24.3 Å². The summed E-state index contributed by atoms with van der Waals surface area (Å²) in [6.07, 6.45) is 1.14. The molecule has 0 radical (unpaired) electrons. The second kappa shape index (κ2) is 8.88. The first-order valence-electron chi connectivity index (χ1n) is 7.53. The zero-order chi connectivity index (χ0) is 18.4. The largest absolute Gasteiger partial charge is 0.330 e. The van der Waals surface area contributed by atoms with Crippen molar-refractivity contribution in [3.8, 4) is 0 Å². The van der Waals surface area contributed by atoms with Crippen molar-refractivity contribution >= 4 is 20.2 Å². The molecule has 10 heteroatoms. The van der Waals surface area contributed by atoms with Gasteiger partial charge in [-0.1, -0.05) is 24.3 Å². The molecule has 6 N–H and O–H groups in total. The Kier molecular flexibility index (Phi) is 7.77. The summed E-state index contributed by atoms with van der Waals surface area (Å²) in [6.45, 7) is 0.571. The minimum atomic E-state index is -4.31. The second-order valence-corrected chi connectivity index (χ2v) is 8.73. The van der Waals surface area contributed by atoms with Gasteiger partial charge in [-0.25, -0.2) is 0 Å². The predicted molar refractivity (Wildman–Crippen MR) is 91.6 cm³/mol. The summed E-state index contributed by atoms with van der Waals surface area (Å²) >= 11 is 0. The molecule has 0 heterocycles. The van der Waals surface area contributed by atoms with E-state index in [1.807, 2.05) is 0 Å². The molecule has 2 atom stereocenters. The van der Waals surface area contributed by atoms with Gasteiger partial charge in [-0.05, 0) is 49.9 Å². The van der Waals surface area contributed by atoms with E-state index in [-0.39, 0.29) is 25.9 Å². The number of hydrogen-bond acceptors (Lipinski definition) is 6. The molecular formula is C14H24N2O6S2. The van der Waals surface area contributed by atoms with Crippen molar-refractivity contribution in [2.75, 3.05) is 13.1 Å². The van der Waals surface area contributed by atoms with E-state index in [4.69, 9.17) is 11.5 Å². The Morgan fingerprint density at radius 2 is 1.04 bits per heavy atom. The number of benzene rings is 1. The van der Waals surface area contributed by atoms with Crippen molar-refractivity contribution < 1.29 is 25.9 Å². The van der Waals surface area contributed by atoms with Gasteiger partial charge in [-0.3, -0.25) is 9.11 Å². The number of hydrogen-bond donors (Lipinski definition) is 4. The Bertz CT molecular complexity index is 653. The fourth-order valence-electron chi connectivity index (χ4n) is 2.51. The van der Waals surface area contributed by atoms with Crippen LogP contribution in [-0.4, -0.2) is 39.0 Å². The van der Waals surface area contributed by atoms with Gasteiger partial charge in [0, 0.05) is 0 Å². The molecule has 0 aromatic heterocycles. The maximum Gasteiger partial charge on any atom is 0.271 e. The first-order chi connectivity index (χ1) is 11.1. The standard InChI is InChI=1S/C14H24N2O6S2/c15-9-1-3-13(23(17,18)19)11-5-7-12(8-6-11)14(4-2-10-16)24(20,21)22/h5-8,13-14H,1-4,9-10,15-16H2,(H,17,18,19)(H,20,21,22). The SMILES string of the molecule is NCCCC(c1ccc(C(CCCN)S(=O)(=O)O)cc1)S(=O)(=O)O. The summed E-state index contributed by atoms with van der Waals surface area (Å²) in [6, 6.07) is 5.74. The van der Waals surface area contributed by atoms with E-state index in [1.54, 1.807) is 0 Å². The van der Waals surface area contributed by atoms with E-state index in [0.29, 0.717) is 24.0 Å². The maximum absolute atomic E-state index is 11.5. The first-order valence-corrected chi connectivity index (χ1v) is 10.5. The van der Waals surface area contributed by atoms with Gasteiger partial charge in [-0.2, -0.15) is 16.8 Å². The van der Waals surface area contributed by atoms with Gasteiger partial charge < -0.3 is 11.5 Å². The van der Waals surface area contributed by atoms with E-state index in [2.05, 4.69) is 0 Å². The van der Waals surface area contributed by atoms with Gasteiger partial charge >= 0.3 is 0 Å². The number of nitrogens with two attached hydrogens (primary N) is 2. The molecule has 24 heavy (non-hydrogen) atoms. The molecule has 0 bridgehead atoms. The minimum absolute atomic E-state index is 0.156. The minimum Gasteiger partial charge on any atom is -0.330 e. The molecule has 8 nitrogen and oxygen atoms in total. The fourth-order valence-corrected chi connectivity index (χ4v) is 4.44. The highest BCUT2D eigenvalue weighted by molar-refractivity contribution is 7.86. The van der Waals surface area contributed by atoms with Crippen LogP contribution in [0.1, 0.15) is 47.3 Å². The summed E-state index contributed by atoms with van der Waals surface area (Å²) < 4.78 is 64.8. The van der Waals surface area contributed by atoms with E-state index in [0.717, 1.165) is 0 Å². The van der Waals surface area contributed by atoms with Gasteiger partial charge in [-0.15, -0.1) is 0 Å². The first kappa shape index (κ1) is 21.0. The molecule has 1 aromatic carbocycles. The van der Waals surface area contributed by atoms with Crippen molar-refractivity contribution in [2.45, 2.75) is 36.2 Å². The Balaban J connectivity index is 3.12. The lowest BCUT2D eigenvalue weighted by atomic mass is 10.0. The molecule has 0 spiro atoms. The number of rotatable bonds is 10. The molecule has 138 valence electrons. The molecule has 0 amide bonds. The van der Waals surface area contributed by atoms with E-state index < -0.39 is 30.7 Å². The average molecular weight is 380 g/mol. The Morgan fingerprint density at radius 3 is 1.25 bits per heavy atom. The molecule has 1 aromatic rings. The molecule has 0 saturated heterocycles. The third-order valence-electron chi connectivity index (χ3n) is 3.74. The monoisotopic (exact) mass is 380 g/mol. The lowest BCUT2D eigenvalue weighted by molar-refractivity contribution is 0.459.